The summed E-state index contributed by atoms with van der Waals surface area (Å²) in [6.45, 7) is 6.59. The molecule has 1 aliphatic rings. The van der Waals surface area contributed by atoms with Gasteiger partial charge >= 0.3 is 0 Å². The van der Waals surface area contributed by atoms with Gasteiger partial charge in [-0.05, 0) is 30.0 Å². The molecule has 0 unspecified atom stereocenters. The first-order valence-electron chi connectivity index (χ1n) is 7.88. The van der Waals surface area contributed by atoms with E-state index in [0.29, 0.717) is 29.2 Å². The fraction of sp³-hybridized carbons (Fsp3) is 0.588. The first-order chi connectivity index (χ1) is 10.5. The van der Waals surface area contributed by atoms with Crippen LogP contribution in [0, 0.1) is 5.92 Å². The summed E-state index contributed by atoms with van der Waals surface area (Å²) in [4.78, 5) is 13.8. The number of carbonyl (C=O) groups excluding carboxylic acids is 1. The number of methoxy groups -OCH3 is 1. The molecule has 0 aromatic heterocycles. The molecule has 2 rings (SSSR count). The largest absolute Gasteiger partial charge is 0.495 e. The number of carbonyl (C=O) groups is 1. The Hall–Kier alpha value is -1.26. The number of halogens is 1. The van der Waals surface area contributed by atoms with Gasteiger partial charge in [0.05, 0.1) is 12.1 Å². The summed E-state index contributed by atoms with van der Waals surface area (Å²) in [7, 11) is 1.62. The SMILES string of the molecule is CCC(=O)N1CC[C@H](NCc2ccc(OC)c(Cl)c2)[C@@H](C)C1. The quantitative estimate of drug-likeness (QED) is 0.905. The van der Waals surface area contributed by atoms with E-state index in [1.54, 1.807) is 7.11 Å². The van der Waals surface area contributed by atoms with E-state index in [9.17, 15) is 4.79 Å². The van der Waals surface area contributed by atoms with E-state index < -0.39 is 0 Å². The maximum absolute atomic E-state index is 11.8. The third kappa shape index (κ3) is 4.14. The van der Waals surface area contributed by atoms with E-state index in [1.807, 2.05) is 30.0 Å². The van der Waals surface area contributed by atoms with Crippen LogP contribution in [0.2, 0.25) is 5.02 Å². The summed E-state index contributed by atoms with van der Waals surface area (Å²) in [6, 6.07) is 6.29. The number of likely N-dealkylation sites (tertiary alicyclic amines) is 1. The van der Waals surface area contributed by atoms with Crippen molar-refractivity contribution < 1.29 is 9.53 Å². The second-order valence-electron chi connectivity index (χ2n) is 5.92. The Morgan fingerprint density at radius 2 is 2.27 bits per heavy atom. The first kappa shape index (κ1) is 17.1. The molecule has 1 amide bonds. The Morgan fingerprint density at radius 1 is 1.50 bits per heavy atom. The van der Waals surface area contributed by atoms with Crippen LogP contribution in [0.15, 0.2) is 18.2 Å². The molecule has 1 aromatic carbocycles. The molecule has 1 N–H and O–H groups in total. The zero-order valence-corrected chi connectivity index (χ0v) is 14.3. The van der Waals surface area contributed by atoms with Crippen LogP contribution >= 0.6 is 11.6 Å². The van der Waals surface area contributed by atoms with Crippen LogP contribution in [0.1, 0.15) is 32.3 Å². The molecule has 1 saturated heterocycles. The molecular formula is C17H25ClN2O2. The number of piperidine rings is 1. The average Bonchev–Trinajstić information content (AvgIpc) is 2.53. The molecular weight excluding hydrogens is 300 g/mol. The van der Waals surface area contributed by atoms with E-state index in [1.165, 1.54) is 0 Å². The molecule has 4 nitrogen and oxygen atoms in total. The molecule has 0 aliphatic carbocycles. The lowest BCUT2D eigenvalue weighted by Crippen LogP contribution is -2.49. The molecule has 0 saturated carbocycles. The summed E-state index contributed by atoms with van der Waals surface area (Å²) in [5, 5.41) is 4.23. The van der Waals surface area contributed by atoms with Crippen LogP contribution in [-0.2, 0) is 11.3 Å². The van der Waals surface area contributed by atoms with Gasteiger partial charge in [0.25, 0.3) is 0 Å². The Balaban J connectivity index is 1.87. The van der Waals surface area contributed by atoms with Gasteiger partial charge in [-0.1, -0.05) is 31.5 Å². The van der Waals surface area contributed by atoms with Gasteiger partial charge in [-0.3, -0.25) is 4.79 Å². The fourth-order valence-corrected chi connectivity index (χ4v) is 3.25. The molecule has 1 heterocycles. The monoisotopic (exact) mass is 324 g/mol. The highest BCUT2D eigenvalue weighted by Crippen LogP contribution is 2.25. The average molecular weight is 325 g/mol. The Morgan fingerprint density at radius 3 is 2.86 bits per heavy atom. The minimum atomic E-state index is 0.257. The van der Waals surface area contributed by atoms with Crippen LogP contribution in [0.5, 0.6) is 5.75 Å². The van der Waals surface area contributed by atoms with E-state index in [2.05, 4.69) is 12.2 Å². The number of ether oxygens (including phenoxy) is 1. The van der Waals surface area contributed by atoms with Crippen molar-refractivity contribution in [2.24, 2.45) is 5.92 Å². The highest BCUT2D eigenvalue weighted by atomic mass is 35.5. The zero-order valence-electron chi connectivity index (χ0n) is 13.6. The molecule has 0 radical (unpaired) electrons. The van der Waals surface area contributed by atoms with Crippen molar-refractivity contribution in [3.8, 4) is 5.75 Å². The van der Waals surface area contributed by atoms with Crippen LogP contribution in [0.4, 0.5) is 0 Å². The number of amides is 1. The number of hydrogen-bond donors (Lipinski definition) is 1. The highest BCUT2D eigenvalue weighted by molar-refractivity contribution is 6.32. The van der Waals surface area contributed by atoms with Crippen molar-refractivity contribution in [3.63, 3.8) is 0 Å². The summed E-state index contributed by atoms with van der Waals surface area (Å²) in [5.74, 6) is 1.41. The lowest BCUT2D eigenvalue weighted by Gasteiger charge is -2.37. The predicted octanol–water partition coefficient (Wildman–Crippen LogP) is 3.09. The van der Waals surface area contributed by atoms with Crippen molar-refractivity contribution in [3.05, 3.63) is 28.8 Å². The van der Waals surface area contributed by atoms with Crippen LogP contribution < -0.4 is 10.1 Å². The normalized spacial score (nSPS) is 21.7. The Labute approximate surface area is 137 Å². The molecule has 0 spiro atoms. The smallest absolute Gasteiger partial charge is 0.222 e. The third-order valence-corrected chi connectivity index (χ3v) is 4.64. The van der Waals surface area contributed by atoms with E-state index in [0.717, 1.165) is 31.6 Å². The topological polar surface area (TPSA) is 41.6 Å². The molecule has 1 aromatic rings. The van der Waals surface area contributed by atoms with E-state index >= 15 is 0 Å². The van der Waals surface area contributed by atoms with Gasteiger partial charge in [-0.15, -0.1) is 0 Å². The van der Waals surface area contributed by atoms with Gasteiger partial charge in [0.1, 0.15) is 5.75 Å². The molecule has 0 bridgehead atoms. The van der Waals surface area contributed by atoms with Crippen LogP contribution in [0.3, 0.4) is 0 Å². The maximum Gasteiger partial charge on any atom is 0.222 e. The first-order valence-corrected chi connectivity index (χ1v) is 8.26. The number of hydrogen-bond acceptors (Lipinski definition) is 3. The minimum absolute atomic E-state index is 0.257. The van der Waals surface area contributed by atoms with Crippen molar-refractivity contribution in [1.29, 1.82) is 0 Å². The lowest BCUT2D eigenvalue weighted by atomic mass is 9.93. The molecule has 2 atom stereocenters. The minimum Gasteiger partial charge on any atom is -0.495 e. The van der Waals surface area contributed by atoms with Crippen LogP contribution in [0.25, 0.3) is 0 Å². The van der Waals surface area contributed by atoms with Gasteiger partial charge in [0.15, 0.2) is 0 Å². The Bertz CT molecular complexity index is 521. The van der Waals surface area contributed by atoms with Gasteiger partial charge in [0, 0.05) is 32.1 Å². The fourth-order valence-electron chi connectivity index (χ4n) is 2.97. The third-order valence-electron chi connectivity index (χ3n) is 4.35. The summed E-state index contributed by atoms with van der Waals surface area (Å²) in [6.07, 6.45) is 1.59. The zero-order chi connectivity index (χ0) is 16.1. The van der Waals surface area contributed by atoms with Crippen molar-refractivity contribution >= 4 is 17.5 Å². The highest BCUT2D eigenvalue weighted by Gasteiger charge is 2.27. The van der Waals surface area contributed by atoms with Gasteiger partial charge in [-0.25, -0.2) is 0 Å². The van der Waals surface area contributed by atoms with Crippen molar-refractivity contribution in [2.45, 2.75) is 39.3 Å². The van der Waals surface area contributed by atoms with Crippen LogP contribution in [-0.4, -0.2) is 37.0 Å². The second-order valence-corrected chi connectivity index (χ2v) is 6.32. The molecule has 122 valence electrons. The lowest BCUT2D eigenvalue weighted by molar-refractivity contribution is -0.132. The number of benzene rings is 1. The molecule has 5 heteroatoms. The summed E-state index contributed by atoms with van der Waals surface area (Å²) in [5.41, 5.74) is 1.14. The predicted molar refractivity (Wildman–Crippen MR) is 89.3 cm³/mol. The molecule has 22 heavy (non-hydrogen) atoms. The van der Waals surface area contributed by atoms with Gasteiger partial charge in [-0.2, -0.15) is 0 Å². The summed E-state index contributed by atoms with van der Waals surface area (Å²) < 4.78 is 5.17. The molecule has 1 aliphatic heterocycles. The number of nitrogens with one attached hydrogen (secondary N) is 1. The van der Waals surface area contributed by atoms with Crippen molar-refractivity contribution in [1.82, 2.24) is 10.2 Å². The number of nitrogens with zero attached hydrogens (tertiary/aromatic N) is 1. The number of rotatable bonds is 5. The van der Waals surface area contributed by atoms with Gasteiger partial charge in [0.2, 0.25) is 5.91 Å². The standard InChI is InChI=1S/C17H25ClN2O2/c1-4-17(21)20-8-7-15(12(2)11-20)19-10-13-5-6-16(22-3)14(18)9-13/h5-6,9,12,15,19H,4,7-8,10-11H2,1-3H3/t12-,15-/m0/s1. The second kappa shape index (κ2) is 7.84. The maximum atomic E-state index is 11.8. The Kier molecular flexibility index (Phi) is 6.09. The molecule has 1 fully saturated rings. The van der Waals surface area contributed by atoms with E-state index in [-0.39, 0.29) is 5.91 Å². The summed E-state index contributed by atoms with van der Waals surface area (Å²) >= 11 is 6.15. The van der Waals surface area contributed by atoms with Gasteiger partial charge < -0.3 is 15.0 Å². The van der Waals surface area contributed by atoms with E-state index in [4.69, 9.17) is 16.3 Å². The van der Waals surface area contributed by atoms with Crippen molar-refractivity contribution in [2.75, 3.05) is 20.2 Å².